The van der Waals surface area contributed by atoms with Gasteiger partial charge in [-0.05, 0) is 41.0 Å². The summed E-state index contributed by atoms with van der Waals surface area (Å²) < 4.78 is 0. The molecule has 2 atom stereocenters. The van der Waals surface area contributed by atoms with Crippen LogP contribution in [-0.2, 0) is 16.0 Å². The van der Waals surface area contributed by atoms with Gasteiger partial charge >= 0.3 is 0 Å². The molecule has 0 saturated carbocycles. The van der Waals surface area contributed by atoms with Gasteiger partial charge in [0.05, 0.1) is 17.3 Å². The molecule has 3 aromatic rings. The zero-order chi connectivity index (χ0) is 22.9. The molecule has 166 valence electrons. The van der Waals surface area contributed by atoms with E-state index in [1.54, 1.807) is 24.3 Å². The van der Waals surface area contributed by atoms with Crippen LogP contribution in [0.1, 0.15) is 15.9 Å². The summed E-state index contributed by atoms with van der Waals surface area (Å²) in [6, 6.07) is 20.5. The van der Waals surface area contributed by atoms with E-state index < -0.39 is 12.1 Å². The average Bonchev–Trinajstić information content (AvgIpc) is 2.94. The number of benzene rings is 3. The summed E-state index contributed by atoms with van der Waals surface area (Å²) in [5.74, 6) is -0.741. The SMILES string of the molecule is O=C(Cc1ccccc1)C1NCCN2C(=O)c3cc(-c4ccc(Cl)cc4)ccc3NC(=O)C12. The van der Waals surface area contributed by atoms with E-state index in [4.69, 9.17) is 11.6 Å². The van der Waals surface area contributed by atoms with Crippen LogP contribution in [-0.4, -0.2) is 47.7 Å². The summed E-state index contributed by atoms with van der Waals surface area (Å²) in [7, 11) is 0. The van der Waals surface area contributed by atoms with Gasteiger partial charge in [0.15, 0.2) is 5.78 Å². The lowest BCUT2D eigenvalue weighted by atomic mass is 9.94. The molecule has 2 unspecified atom stereocenters. The summed E-state index contributed by atoms with van der Waals surface area (Å²) in [4.78, 5) is 41.4. The molecular weight excluding hydrogens is 438 g/mol. The molecule has 3 aromatic carbocycles. The minimum Gasteiger partial charge on any atom is -0.323 e. The van der Waals surface area contributed by atoms with Crippen LogP contribution < -0.4 is 10.6 Å². The Morgan fingerprint density at radius 2 is 1.70 bits per heavy atom. The van der Waals surface area contributed by atoms with Gasteiger partial charge in [0.25, 0.3) is 5.91 Å². The predicted octanol–water partition coefficient (Wildman–Crippen LogP) is 3.55. The minimum absolute atomic E-state index is 0.119. The van der Waals surface area contributed by atoms with Crippen molar-refractivity contribution in [3.8, 4) is 11.1 Å². The number of hydrogen-bond acceptors (Lipinski definition) is 4. The van der Waals surface area contributed by atoms with E-state index in [1.807, 2.05) is 48.5 Å². The van der Waals surface area contributed by atoms with Crippen LogP contribution in [0.5, 0.6) is 0 Å². The van der Waals surface area contributed by atoms with Crippen LogP contribution in [0.4, 0.5) is 5.69 Å². The number of nitrogens with one attached hydrogen (secondary N) is 2. The Labute approximate surface area is 196 Å². The Morgan fingerprint density at radius 3 is 2.45 bits per heavy atom. The van der Waals surface area contributed by atoms with Crippen molar-refractivity contribution < 1.29 is 14.4 Å². The molecule has 1 fully saturated rings. The van der Waals surface area contributed by atoms with E-state index in [-0.39, 0.29) is 24.0 Å². The fourth-order valence-corrected chi connectivity index (χ4v) is 4.63. The number of ketones is 1. The molecule has 6 nitrogen and oxygen atoms in total. The van der Waals surface area contributed by atoms with Crippen LogP contribution >= 0.6 is 11.6 Å². The van der Waals surface area contributed by atoms with Crippen LogP contribution in [0.3, 0.4) is 0 Å². The Kier molecular flexibility index (Phi) is 5.70. The van der Waals surface area contributed by atoms with Gasteiger partial charge in [0.2, 0.25) is 5.91 Å². The Hall–Kier alpha value is -3.48. The van der Waals surface area contributed by atoms with Crippen molar-refractivity contribution in [2.45, 2.75) is 18.5 Å². The Bertz CT molecular complexity index is 1230. The van der Waals surface area contributed by atoms with E-state index >= 15 is 0 Å². The number of halogens is 1. The molecule has 7 heteroatoms. The molecule has 0 radical (unpaired) electrons. The second kappa shape index (κ2) is 8.81. The number of anilines is 1. The maximum Gasteiger partial charge on any atom is 0.256 e. The molecular formula is C26H22ClN3O3. The van der Waals surface area contributed by atoms with Crippen molar-refractivity contribution in [2.75, 3.05) is 18.4 Å². The summed E-state index contributed by atoms with van der Waals surface area (Å²) in [6.07, 6.45) is 0.192. The lowest BCUT2D eigenvalue weighted by molar-refractivity contribution is -0.130. The standard InChI is InChI=1S/C26H22ClN3O3/c27-19-9-6-17(7-10-19)18-8-11-21-20(15-18)26(33)30-13-12-28-23(24(30)25(32)29-21)22(31)14-16-4-2-1-3-5-16/h1-11,15,23-24,28H,12-14H2,(H,29,32). The maximum absolute atomic E-state index is 13.6. The second-order valence-corrected chi connectivity index (χ2v) is 8.70. The molecule has 0 aliphatic carbocycles. The van der Waals surface area contributed by atoms with Crippen molar-refractivity contribution in [2.24, 2.45) is 0 Å². The summed E-state index contributed by atoms with van der Waals surface area (Å²) in [6.45, 7) is 0.781. The summed E-state index contributed by atoms with van der Waals surface area (Å²) in [5, 5.41) is 6.67. The van der Waals surface area contributed by atoms with E-state index in [0.29, 0.717) is 29.4 Å². The normalized spacial score (nSPS) is 19.8. The zero-order valence-electron chi connectivity index (χ0n) is 17.8. The molecule has 0 spiro atoms. The molecule has 0 bridgehead atoms. The van der Waals surface area contributed by atoms with Gasteiger partial charge in [-0.1, -0.05) is 60.1 Å². The van der Waals surface area contributed by atoms with E-state index in [2.05, 4.69) is 10.6 Å². The van der Waals surface area contributed by atoms with E-state index in [1.165, 1.54) is 4.90 Å². The molecule has 33 heavy (non-hydrogen) atoms. The third-order valence-electron chi connectivity index (χ3n) is 6.15. The highest BCUT2D eigenvalue weighted by Gasteiger charge is 2.45. The van der Waals surface area contributed by atoms with Gasteiger partial charge in [0.1, 0.15) is 6.04 Å². The van der Waals surface area contributed by atoms with Crippen molar-refractivity contribution in [3.05, 3.63) is 88.9 Å². The monoisotopic (exact) mass is 459 g/mol. The quantitative estimate of drug-likeness (QED) is 0.625. The van der Waals surface area contributed by atoms with Gasteiger partial charge in [-0.3, -0.25) is 14.4 Å². The number of Topliss-reactive ketones (excluding diaryl/α,β-unsaturated/α-hetero) is 1. The van der Waals surface area contributed by atoms with Gasteiger partial charge in [-0.15, -0.1) is 0 Å². The molecule has 1 saturated heterocycles. The third kappa shape index (κ3) is 4.15. The fourth-order valence-electron chi connectivity index (χ4n) is 4.50. The number of carbonyl (C=O) groups is 3. The largest absolute Gasteiger partial charge is 0.323 e. The number of carbonyl (C=O) groups excluding carboxylic acids is 3. The lowest BCUT2D eigenvalue weighted by Crippen LogP contribution is -2.65. The highest BCUT2D eigenvalue weighted by molar-refractivity contribution is 6.30. The molecule has 2 N–H and O–H groups in total. The van der Waals surface area contributed by atoms with Crippen molar-refractivity contribution in [1.29, 1.82) is 0 Å². The van der Waals surface area contributed by atoms with E-state index in [9.17, 15) is 14.4 Å². The van der Waals surface area contributed by atoms with Crippen LogP contribution in [0.15, 0.2) is 72.8 Å². The predicted molar refractivity (Wildman–Crippen MR) is 127 cm³/mol. The topological polar surface area (TPSA) is 78.5 Å². The number of fused-ring (bicyclic) bond motifs is 2. The number of amides is 2. The average molecular weight is 460 g/mol. The van der Waals surface area contributed by atoms with Gasteiger partial charge < -0.3 is 15.5 Å². The van der Waals surface area contributed by atoms with Crippen molar-refractivity contribution in [1.82, 2.24) is 10.2 Å². The first kappa shape index (κ1) is 21.4. The molecule has 2 heterocycles. The van der Waals surface area contributed by atoms with Gasteiger partial charge in [-0.25, -0.2) is 0 Å². The molecule has 0 aromatic heterocycles. The molecule has 5 rings (SSSR count). The maximum atomic E-state index is 13.6. The lowest BCUT2D eigenvalue weighted by Gasteiger charge is -2.38. The van der Waals surface area contributed by atoms with Crippen LogP contribution in [0.25, 0.3) is 11.1 Å². The van der Waals surface area contributed by atoms with Crippen molar-refractivity contribution >= 4 is 34.9 Å². The number of piperazine rings is 1. The van der Waals surface area contributed by atoms with E-state index in [0.717, 1.165) is 16.7 Å². The molecule has 2 aliphatic heterocycles. The molecule has 2 aliphatic rings. The smallest absolute Gasteiger partial charge is 0.256 e. The van der Waals surface area contributed by atoms with Crippen molar-refractivity contribution in [3.63, 3.8) is 0 Å². The summed E-state index contributed by atoms with van der Waals surface area (Å²) in [5.41, 5.74) is 3.50. The first-order valence-electron chi connectivity index (χ1n) is 10.8. The zero-order valence-corrected chi connectivity index (χ0v) is 18.5. The summed E-state index contributed by atoms with van der Waals surface area (Å²) >= 11 is 6.00. The minimum atomic E-state index is -0.908. The molecule has 2 amide bonds. The second-order valence-electron chi connectivity index (χ2n) is 8.26. The number of rotatable bonds is 4. The third-order valence-corrected chi connectivity index (χ3v) is 6.40. The Morgan fingerprint density at radius 1 is 0.970 bits per heavy atom. The number of hydrogen-bond donors (Lipinski definition) is 2. The highest BCUT2D eigenvalue weighted by Crippen LogP contribution is 2.31. The Balaban J connectivity index is 1.46. The van der Waals surface area contributed by atoms with Crippen LogP contribution in [0.2, 0.25) is 5.02 Å². The first-order chi connectivity index (χ1) is 16.0. The highest BCUT2D eigenvalue weighted by atomic mass is 35.5. The van der Waals surface area contributed by atoms with Crippen LogP contribution in [0, 0.1) is 0 Å². The van der Waals surface area contributed by atoms with Gasteiger partial charge in [0, 0.05) is 24.5 Å². The first-order valence-corrected chi connectivity index (χ1v) is 11.2. The number of nitrogens with zero attached hydrogens (tertiary/aromatic N) is 1. The fraction of sp³-hybridized carbons (Fsp3) is 0.192. The van der Waals surface area contributed by atoms with Gasteiger partial charge in [-0.2, -0.15) is 0 Å².